The summed E-state index contributed by atoms with van der Waals surface area (Å²) in [4.78, 5) is 37.5. The zero-order chi connectivity index (χ0) is 14.9. The molecule has 2 heterocycles. The second kappa shape index (κ2) is 5.66. The maximum Gasteiger partial charge on any atom is 0.328 e. The van der Waals surface area contributed by atoms with Crippen molar-refractivity contribution >= 4 is 17.9 Å². The van der Waals surface area contributed by atoms with E-state index in [1.807, 2.05) is 6.92 Å². The fraction of sp³-hybridized carbons (Fsp3) is 0.750. The van der Waals surface area contributed by atoms with Crippen molar-refractivity contribution in [2.45, 2.75) is 25.5 Å². The molecule has 0 aromatic rings. The molecule has 3 atom stereocenters. The van der Waals surface area contributed by atoms with E-state index in [2.05, 4.69) is 5.32 Å². The number of carbonyl (C=O) groups is 3. The molecule has 3 amide bonds. The number of aliphatic carboxylic acids is 1. The number of amides is 3. The quantitative estimate of drug-likeness (QED) is 0.554. The van der Waals surface area contributed by atoms with Gasteiger partial charge in [-0.3, -0.25) is 9.69 Å². The summed E-state index contributed by atoms with van der Waals surface area (Å²) < 4.78 is 0. The molecule has 0 aromatic carbocycles. The first kappa shape index (κ1) is 14.6. The Morgan fingerprint density at radius 3 is 2.70 bits per heavy atom. The fourth-order valence-corrected chi connectivity index (χ4v) is 2.55. The van der Waals surface area contributed by atoms with Gasteiger partial charge in [0.15, 0.2) is 0 Å². The summed E-state index contributed by atoms with van der Waals surface area (Å²) in [6.07, 6.45) is 0.0176. The lowest BCUT2D eigenvalue weighted by Crippen LogP contribution is -2.63. The zero-order valence-corrected chi connectivity index (χ0v) is 11.3. The highest BCUT2D eigenvalue weighted by molar-refractivity contribution is 5.90. The number of aliphatic hydroxyl groups is 1. The van der Waals surface area contributed by atoms with Gasteiger partial charge in [0.05, 0.1) is 6.10 Å². The second-order valence-electron chi connectivity index (χ2n) is 5.35. The number of hydrogen-bond donors (Lipinski definition) is 3. The molecule has 2 rings (SSSR count). The Labute approximate surface area is 116 Å². The molecule has 8 nitrogen and oxygen atoms in total. The van der Waals surface area contributed by atoms with Crippen molar-refractivity contribution in [2.75, 3.05) is 26.2 Å². The van der Waals surface area contributed by atoms with E-state index in [0.717, 1.165) is 4.90 Å². The van der Waals surface area contributed by atoms with Gasteiger partial charge < -0.3 is 20.4 Å². The number of carboxylic acids is 1. The molecule has 3 unspecified atom stereocenters. The van der Waals surface area contributed by atoms with Gasteiger partial charge in [0.1, 0.15) is 12.6 Å². The summed E-state index contributed by atoms with van der Waals surface area (Å²) in [5, 5.41) is 21.2. The third-order valence-corrected chi connectivity index (χ3v) is 3.84. The third kappa shape index (κ3) is 2.84. The Morgan fingerprint density at radius 2 is 2.10 bits per heavy atom. The van der Waals surface area contributed by atoms with Gasteiger partial charge in [-0.25, -0.2) is 9.59 Å². The van der Waals surface area contributed by atoms with Crippen LogP contribution in [0.2, 0.25) is 0 Å². The van der Waals surface area contributed by atoms with E-state index in [-0.39, 0.29) is 24.9 Å². The summed E-state index contributed by atoms with van der Waals surface area (Å²) in [5.41, 5.74) is 0. The largest absolute Gasteiger partial charge is 0.480 e. The van der Waals surface area contributed by atoms with E-state index >= 15 is 0 Å². The topological polar surface area (TPSA) is 110 Å². The van der Waals surface area contributed by atoms with Crippen molar-refractivity contribution in [3.8, 4) is 0 Å². The van der Waals surface area contributed by atoms with Crippen LogP contribution in [-0.4, -0.2) is 76.2 Å². The van der Waals surface area contributed by atoms with Gasteiger partial charge in [-0.05, 0) is 12.3 Å². The van der Waals surface area contributed by atoms with Gasteiger partial charge in [-0.2, -0.15) is 0 Å². The molecule has 20 heavy (non-hydrogen) atoms. The van der Waals surface area contributed by atoms with Crippen molar-refractivity contribution in [3.05, 3.63) is 0 Å². The van der Waals surface area contributed by atoms with Crippen LogP contribution in [0.1, 0.15) is 13.3 Å². The second-order valence-corrected chi connectivity index (χ2v) is 5.35. The maximum atomic E-state index is 12.4. The number of piperazine rings is 1. The molecular weight excluding hydrogens is 266 g/mol. The summed E-state index contributed by atoms with van der Waals surface area (Å²) >= 11 is 0. The summed E-state index contributed by atoms with van der Waals surface area (Å²) in [5.74, 6) is -1.56. The van der Waals surface area contributed by atoms with Crippen molar-refractivity contribution in [2.24, 2.45) is 5.92 Å². The summed E-state index contributed by atoms with van der Waals surface area (Å²) in [7, 11) is 0. The molecule has 3 N–H and O–H groups in total. The first-order valence-corrected chi connectivity index (χ1v) is 6.63. The van der Waals surface area contributed by atoms with E-state index in [9.17, 15) is 19.5 Å². The lowest BCUT2D eigenvalue weighted by molar-refractivity contribution is -0.144. The molecule has 0 spiro atoms. The Kier molecular flexibility index (Phi) is 4.12. The van der Waals surface area contributed by atoms with Crippen LogP contribution in [-0.2, 0) is 9.59 Å². The molecule has 2 aliphatic heterocycles. The average molecular weight is 285 g/mol. The van der Waals surface area contributed by atoms with Crippen molar-refractivity contribution in [3.63, 3.8) is 0 Å². The predicted molar refractivity (Wildman–Crippen MR) is 67.9 cm³/mol. The number of urea groups is 1. The van der Waals surface area contributed by atoms with Gasteiger partial charge in [0, 0.05) is 19.6 Å². The molecule has 2 fully saturated rings. The number of nitrogens with zero attached hydrogens (tertiary/aromatic N) is 2. The van der Waals surface area contributed by atoms with Crippen LogP contribution in [0.4, 0.5) is 4.79 Å². The fourth-order valence-electron chi connectivity index (χ4n) is 2.55. The monoisotopic (exact) mass is 285 g/mol. The highest BCUT2D eigenvalue weighted by atomic mass is 16.4. The number of carboxylic acid groups (broad SMARTS) is 1. The minimum atomic E-state index is -1.14. The van der Waals surface area contributed by atoms with Gasteiger partial charge in [-0.15, -0.1) is 0 Å². The standard InChI is InChI=1S/C12H19N3O5/c1-7-5-14(3-2-9(7)16)12(20)15-6-10(17)13-4-8(15)11(18)19/h7-9,16H,2-6H2,1H3,(H,13,17)(H,18,19). The SMILES string of the molecule is CC1CN(C(=O)N2CC(=O)NCC2C(=O)O)CCC1O. The number of piperidine rings is 1. The molecule has 2 aliphatic rings. The summed E-state index contributed by atoms with van der Waals surface area (Å²) in [6.45, 7) is 2.25. The van der Waals surface area contributed by atoms with E-state index in [0.29, 0.717) is 19.5 Å². The number of hydrogen-bond acceptors (Lipinski definition) is 4. The number of aliphatic hydroxyl groups excluding tert-OH is 1. The Balaban J connectivity index is 2.09. The van der Waals surface area contributed by atoms with Crippen LogP contribution in [0.15, 0.2) is 0 Å². The molecule has 0 radical (unpaired) electrons. The highest BCUT2D eigenvalue weighted by Crippen LogP contribution is 2.19. The number of rotatable bonds is 1. The van der Waals surface area contributed by atoms with E-state index in [1.165, 1.54) is 4.90 Å². The number of carbonyl (C=O) groups excluding carboxylic acids is 2. The average Bonchev–Trinajstić information content (AvgIpc) is 2.40. The van der Waals surface area contributed by atoms with Crippen LogP contribution in [0, 0.1) is 5.92 Å². The first-order valence-electron chi connectivity index (χ1n) is 6.63. The number of likely N-dealkylation sites (tertiary alicyclic amines) is 1. The van der Waals surface area contributed by atoms with E-state index < -0.39 is 24.1 Å². The van der Waals surface area contributed by atoms with Crippen molar-refractivity contribution in [1.82, 2.24) is 15.1 Å². The number of nitrogens with one attached hydrogen (secondary N) is 1. The Hall–Kier alpha value is -1.83. The molecule has 0 saturated carbocycles. The first-order chi connectivity index (χ1) is 9.40. The van der Waals surface area contributed by atoms with Crippen LogP contribution < -0.4 is 5.32 Å². The predicted octanol–water partition coefficient (Wildman–Crippen LogP) is -1.31. The smallest absolute Gasteiger partial charge is 0.328 e. The lowest BCUT2D eigenvalue weighted by atomic mass is 9.97. The van der Waals surface area contributed by atoms with Crippen LogP contribution in [0.3, 0.4) is 0 Å². The highest BCUT2D eigenvalue weighted by Gasteiger charge is 2.38. The Bertz CT molecular complexity index is 427. The minimum Gasteiger partial charge on any atom is -0.480 e. The third-order valence-electron chi connectivity index (χ3n) is 3.84. The normalized spacial score (nSPS) is 30.9. The van der Waals surface area contributed by atoms with Crippen LogP contribution in [0.5, 0.6) is 0 Å². The zero-order valence-electron chi connectivity index (χ0n) is 11.3. The molecule has 112 valence electrons. The molecule has 2 saturated heterocycles. The van der Waals surface area contributed by atoms with Crippen LogP contribution >= 0.6 is 0 Å². The van der Waals surface area contributed by atoms with Gasteiger partial charge in [0.2, 0.25) is 5.91 Å². The Morgan fingerprint density at radius 1 is 1.40 bits per heavy atom. The lowest BCUT2D eigenvalue weighted by Gasteiger charge is -2.40. The van der Waals surface area contributed by atoms with Crippen LogP contribution in [0.25, 0.3) is 0 Å². The maximum absolute atomic E-state index is 12.4. The van der Waals surface area contributed by atoms with Crippen molar-refractivity contribution < 1.29 is 24.6 Å². The minimum absolute atomic E-state index is 0.0606. The molecule has 0 bridgehead atoms. The summed E-state index contributed by atoms with van der Waals surface area (Å²) in [6, 6.07) is -1.49. The molecular formula is C12H19N3O5. The van der Waals surface area contributed by atoms with E-state index in [1.54, 1.807) is 0 Å². The van der Waals surface area contributed by atoms with Crippen molar-refractivity contribution in [1.29, 1.82) is 0 Å². The molecule has 8 heteroatoms. The molecule has 0 aliphatic carbocycles. The molecule has 0 aromatic heterocycles. The van der Waals surface area contributed by atoms with Gasteiger partial charge in [0.25, 0.3) is 0 Å². The van der Waals surface area contributed by atoms with Gasteiger partial charge >= 0.3 is 12.0 Å². The van der Waals surface area contributed by atoms with E-state index in [4.69, 9.17) is 5.11 Å². The van der Waals surface area contributed by atoms with Gasteiger partial charge in [-0.1, -0.05) is 6.92 Å².